The van der Waals surface area contributed by atoms with Gasteiger partial charge in [0.25, 0.3) is 5.56 Å². The van der Waals surface area contributed by atoms with Crippen LogP contribution >= 0.6 is 11.8 Å². The van der Waals surface area contributed by atoms with Gasteiger partial charge in [0.1, 0.15) is 0 Å². The molecule has 0 bridgehead atoms. The molecule has 3 rings (SSSR count). The summed E-state index contributed by atoms with van der Waals surface area (Å²) in [7, 11) is 0. The van der Waals surface area contributed by atoms with E-state index in [0.29, 0.717) is 55.6 Å². The molecule has 0 atom stereocenters. The largest absolute Gasteiger partial charge is 0.378 e. The summed E-state index contributed by atoms with van der Waals surface area (Å²) < 4.78 is 5.33. The standard InChI is InChI=1S/C19H25N5O3S/c1-3-28-17-7-4-14(12-20-17)22-16(25)6-5-15-13(2)21-19(23-18(15)26)24-8-10-27-11-9-24/h4,7,12H,3,5-6,8-11H2,1-2H3,(H,22,25)(H,21,23,26). The SMILES string of the molecule is CCSc1ccc(NC(=O)CCc2c(C)nc(N3CCOCC3)[nH]c2=O)cn1. The number of H-pyrrole nitrogens is 1. The molecule has 0 radical (unpaired) electrons. The molecular weight excluding hydrogens is 378 g/mol. The maximum atomic E-state index is 12.5. The van der Waals surface area contributed by atoms with Crippen LogP contribution in [0.4, 0.5) is 11.6 Å². The molecule has 0 unspecified atom stereocenters. The third-order valence-electron chi connectivity index (χ3n) is 4.43. The molecule has 0 aliphatic carbocycles. The van der Waals surface area contributed by atoms with Crippen LogP contribution in [0.5, 0.6) is 0 Å². The number of nitrogens with one attached hydrogen (secondary N) is 2. The van der Waals surface area contributed by atoms with Crippen molar-refractivity contribution in [2.24, 2.45) is 0 Å². The number of carbonyl (C=O) groups is 1. The van der Waals surface area contributed by atoms with Gasteiger partial charge in [0.05, 0.1) is 30.1 Å². The first-order valence-electron chi connectivity index (χ1n) is 9.38. The summed E-state index contributed by atoms with van der Waals surface area (Å²) in [5.74, 6) is 1.36. The van der Waals surface area contributed by atoms with Gasteiger partial charge in [-0.05, 0) is 31.2 Å². The lowest BCUT2D eigenvalue weighted by molar-refractivity contribution is -0.116. The fraction of sp³-hybridized carbons (Fsp3) is 0.474. The number of amides is 1. The maximum absolute atomic E-state index is 12.5. The van der Waals surface area contributed by atoms with Gasteiger partial charge in [0.15, 0.2) is 0 Å². The lowest BCUT2D eigenvalue weighted by Gasteiger charge is -2.27. The van der Waals surface area contributed by atoms with Crippen molar-refractivity contribution in [3.8, 4) is 0 Å². The molecular formula is C19H25N5O3S. The molecule has 2 aromatic rings. The second-order valence-corrected chi connectivity index (χ2v) is 7.70. The molecule has 2 aromatic heterocycles. The maximum Gasteiger partial charge on any atom is 0.255 e. The summed E-state index contributed by atoms with van der Waals surface area (Å²) in [6.45, 7) is 6.52. The fourth-order valence-corrected chi connectivity index (χ4v) is 3.55. The zero-order valence-corrected chi connectivity index (χ0v) is 17.0. The Morgan fingerprint density at radius 2 is 2.14 bits per heavy atom. The number of anilines is 2. The highest BCUT2D eigenvalue weighted by atomic mass is 32.2. The number of hydrogen-bond donors (Lipinski definition) is 2. The number of ether oxygens (including phenoxy) is 1. The quantitative estimate of drug-likeness (QED) is 0.682. The van der Waals surface area contributed by atoms with Crippen LogP contribution in [0.2, 0.25) is 0 Å². The molecule has 28 heavy (non-hydrogen) atoms. The molecule has 1 fully saturated rings. The summed E-state index contributed by atoms with van der Waals surface area (Å²) in [5, 5.41) is 3.74. The van der Waals surface area contributed by atoms with E-state index in [-0.39, 0.29) is 17.9 Å². The van der Waals surface area contributed by atoms with Crippen molar-refractivity contribution in [3.05, 3.63) is 39.9 Å². The average Bonchev–Trinajstić information content (AvgIpc) is 2.69. The third kappa shape index (κ3) is 5.32. The molecule has 0 aromatic carbocycles. The number of aryl methyl sites for hydroxylation is 1. The van der Waals surface area contributed by atoms with E-state index in [9.17, 15) is 9.59 Å². The zero-order valence-electron chi connectivity index (χ0n) is 16.2. The number of aromatic nitrogens is 3. The number of hydrogen-bond acceptors (Lipinski definition) is 7. The number of morpholine rings is 1. The summed E-state index contributed by atoms with van der Waals surface area (Å²) in [5.41, 5.74) is 1.65. The summed E-state index contributed by atoms with van der Waals surface area (Å²) in [6.07, 6.45) is 2.18. The Morgan fingerprint density at radius 1 is 1.36 bits per heavy atom. The highest BCUT2D eigenvalue weighted by molar-refractivity contribution is 7.99. The molecule has 9 heteroatoms. The fourth-order valence-electron chi connectivity index (χ4n) is 2.96. The van der Waals surface area contributed by atoms with Gasteiger partial charge in [-0.3, -0.25) is 14.6 Å². The number of rotatable bonds is 7. The van der Waals surface area contributed by atoms with E-state index < -0.39 is 0 Å². The Hall–Kier alpha value is -2.39. The van der Waals surface area contributed by atoms with Crippen molar-refractivity contribution in [2.45, 2.75) is 31.7 Å². The minimum atomic E-state index is -0.190. The number of nitrogens with zero attached hydrogens (tertiary/aromatic N) is 3. The first-order valence-corrected chi connectivity index (χ1v) is 10.4. The Labute approximate surface area is 168 Å². The van der Waals surface area contributed by atoms with Crippen molar-refractivity contribution in [3.63, 3.8) is 0 Å². The first kappa shape index (κ1) is 20.3. The predicted molar refractivity (Wildman–Crippen MR) is 110 cm³/mol. The molecule has 1 aliphatic heterocycles. The van der Waals surface area contributed by atoms with Gasteiger partial charge in [0.2, 0.25) is 11.9 Å². The van der Waals surface area contributed by atoms with Crippen molar-refractivity contribution in [2.75, 3.05) is 42.3 Å². The molecule has 0 saturated carbocycles. The van der Waals surface area contributed by atoms with Gasteiger partial charge < -0.3 is 15.0 Å². The van der Waals surface area contributed by atoms with E-state index in [1.54, 1.807) is 24.9 Å². The topological polar surface area (TPSA) is 100 Å². The Bertz CT molecular complexity index is 863. The van der Waals surface area contributed by atoms with Crippen molar-refractivity contribution in [1.29, 1.82) is 0 Å². The summed E-state index contributed by atoms with van der Waals surface area (Å²) in [4.78, 5) is 38.4. The van der Waals surface area contributed by atoms with Crippen LogP contribution in [0, 0.1) is 6.92 Å². The van der Waals surface area contributed by atoms with Crippen LogP contribution in [-0.2, 0) is 16.0 Å². The molecule has 1 amide bonds. The normalized spacial score (nSPS) is 14.1. The first-order chi connectivity index (χ1) is 13.6. The summed E-state index contributed by atoms with van der Waals surface area (Å²) in [6, 6.07) is 3.71. The number of aromatic amines is 1. The van der Waals surface area contributed by atoms with Gasteiger partial charge in [-0.1, -0.05) is 6.92 Å². The number of thioether (sulfide) groups is 1. The molecule has 1 aliphatic rings. The van der Waals surface area contributed by atoms with Crippen molar-refractivity contribution >= 4 is 29.3 Å². The Kier molecular flexibility index (Phi) is 7.05. The lowest BCUT2D eigenvalue weighted by Crippen LogP contribution is -2.38. The van der Waals surface area contributed by atoms with E-state index in [2.05, 4.69) is 27.2 Å². The number of pyridine rings is 1. The predicted octanol–water partition coefficient (Wildman–Crippen LogP) is 1.99. The minimum absolute atomic E-state index is 0.159. The van der Waals surface area contributed by atoms with E-state index >= 15 is 0 Å². The average molecular weight is 404 g/mol. The van der Waals surface area contributed by atoms with E-state index in [0.717, 1.165) is 10.8 Å². The van der Waals surface area contributed by atoms with Gasteiger partial charge in [-0.25, -0.2) is 9.97 Å². The monoisotopic (exact) mass is 403 g/mol. The van der Waals surface area contributed by atoms with Gasteiger partial charge in [-0.15, -0.1) is 11.8 Å². The van der Waals surface area contributed by atoms with Crippen LogP contribution < -0.4 is 15.8 Å². The second kappa shape index (κ2) is 9.70. The highest BCUT2D eigenvalue weighted by Crippen LogP contribution is 2.17. The third-order valence-corrected chi connectivity index (χ3v) is 5.26. The molecule has 1 saturated heterocycles. The zero-order chi connectivity index (χ0) is 19.9. The molecule has 150 valence electrons. The van der Waals surface area contributed by atoms with Crippen LogP contribution in [0.15, 0.2) is 28.2 Å². The molecule has 3 heterocycles. The summed E-state index contributed by atoms with van der Waals surface area (Å²) >= 11 is 1.65. The lowest BCUT2D eigenvalue weighted by atomic mass is 10.1. The van der Waals surface area contributed by atoms with Crippen LogP contribution in [0.1, 0.15) is 24.6 Å². The van der Waals surface area contributed by atoms with Gasteiger partial charge >= 0.3 is 0 Å². The molecule has 2 N–H and O–H groups in total. The van der Waals surface area contributed by atoms with Crippen LogP contribution in [0.25, 0.3) is 0 Å². The highest BCUT2D eigenvalue weighted by Gasteiger charge is 2.16. The Morgan fingerprint density at radius 3 is 2.79 bits per heavy atom. The van der Waals surface area contributed by atoms with E-state index in [1.165, 1.54) is 0 Å². The van der Waals surface area contributed by atoms with E-state index in [4.69, 9.17) is 4.74 Å². The van der Waals surface area contributed by atoms with Crippen molar-refractivity contribution in [1.82, 2.24) is 15.0 Å². The van der Waals surface area contributed by atoms with Crippen LogP contribution in [-0.4, -0.2) is 52.9 Å². The van der Waals surface area contributed by atoms with Gasteiger partial charge in [-0.2, -0.15) is 0 Å². The van der Waals surface area contributed by atoms with Crippen molar-refractivity contribution < 1.29 is 9.53 Å². The molecule has 8 nitrogen and oxygen atoms in total. The second-order valence-electron chi connectivity index (χ2n) is 6.42. The smallest absolute Gasteiger partial charge is 0.255 e. The Balaban J connectivity index is 1.59. The van der Waals surface area contributed by atoms with Gasteiger partial charge in [0, 0.05) is 30.8 Å². The molecule has 0 spiro atoms. The van der Waals surface area contributed by atoms with Crippen LogP contribution in [0.3, 0.4) is 0 Å². The van der Waals surface area contributed by atoms with E-state index in [1.807, 2.05) is 17.0 Å². The number of carbonyl (C=O) groups excluding carboxylic acids is 1. The minimum Gasteiger partial charge on any atom is -0.378 e.